The van der Waals surface area contributed by atoms with Crippen molar-refractivity contribution in [2.24, 2.45) is 0 Å². The predicted molar refractivity (Wildman–Crippen MR) is 77.6 cm³/mol. The molecule has 0 aliphatic heterocycles. The maximum Gasteiger partial charge on any atom is 0.360 e. The third-order valence-corrected chi connectivity index (χ3v) is 3.06. The van der Waals surface area contributed by atoms with Crippen LogP contribution < -0.4 is 5.73 Å². The van der Waals surface area contributed by atoms with Crippen molar-refractivity contribution in [1.82, 2.24) is 9.55 Å². The fourth-order valence-corrected chi connectivity index (χ4v) is 2.05. The van der Waals surface area contributed by atoms with Crippen molar-refractivity contribution in [3.8, 4) is 6.07 Å². The Labute approximate surface area is 122 Å². The van der Waals surface area contributed by atoms with Gasteiger partial charge in [-0.05, 0) is 31.5 Å². The number of aryl methyl sites for hydroxylation is 1. The number of hydrogen-bond donors (Lipinski definition) is 1. The number of nitrogens with zero attached hydrogens (tertiary/aromatic N) is 3. The second-order valence-electron chi connectivity index (χ2n) is 4.51. The predicted octanol–water partition coefficient (Wildman–Crippen LogP) is 1.87. The second kappa shape index (κ2) is 6.09. The van der Waals surface area contributed by atoms with E-state index in [0.29, 0.717) is 17.9 Å². The van der Waals surface area contributed by atoms with Gasteiger partial charge >= 0.3 is 5.97 Å². The number of nitrogens with two attached hydrogens (primary N) is 1. The van der Waals surface area contributed by atoms with Crippen LogP contribution in [0.4, 0.5) is 5.82 Å². The molecular formula is C15H16N4O2. The number of hydrogen-bond acceptors (Lipinski definition) is 5. The highest BCUT2D eigenvalue weighted by atomic mass is 16.5. The summed E-state index contributed by atoms with van der Waals surface area (Å²) in [5.41, 5.74) is 7.61. The highest BCUT2D eigenvalue weighted by Crippen LogP contribution is 2.18. The molecule has 6 heteroatoms. The van der Waals surface area contributed by atoms with Gasteiger partial charge < -0.3 is 15.0 Å². The topological polar surface area (TPSA) is 93.9 Å². The van der Waals surface area contributed by atoms with Crippen LogP contribution in [0.3, 0.4) is 0 Å². The molecule has 0 aliphatic carbocycles. The minimum Gasteiger partial charge on any atom is -0.461 e. The van der Waals surface area contributed by atoms with E-state index in [9.17, 15) is 4.79 Å². The first-order valence-electron chi connectivity index (χ1n) is 6.55. The lowest BCUT2D eigenvalue weighted by molar-refractivity contribution is 0.0521. The number of rotatable bonds is 4. The lowest BCUT2D eigenvalue weighted by atomic mass is 10.1. The molecule has 0 radical (unpaired) electrons. The van der Waals surface area contributed by atoms with Gasteiger partial charge in [-0.2, -0.15) is 5.26 Å². The molecule has 0 bridgehead atoms. The second-order valence-corrected chi connectivity index (χ2v) is 4.51. The van der Waals surface area contributed by atoms with Crippen LogP contribution in [0.25, 0.3) is 0 Å². The van der Waals surface area contributed by atoms with Gasteiger partial charge in [-0.3, -0.25) is 0 Å². The fraction of sp³-hybridized carbons (Fsp3) is 0.267. The van der Waals surface area contributed by atoms with E-state index in [2.05, 4.69) is 11.1 Å². The largest absolute Gasteiger partial charge is 0.461 e. The van der Waals surface area contributed by atoms with E-state index >= 15 is 0 Å². The quantitative estimate of drug-likeness (QED) is 0.865. The van der Waals surface area contributed by atoms with Crippen molar-refractivity contribution in [3.05, 3.63) is 46.9 Å². The van der Waals surface area contributed by atoms with E-state index in [1.54, 1.807) is 30.5 Å². The van der Waals surface area contributed by atoms with Crippen LogP contribution >= 0.6 is 0 Å². The maximum atomic E-state index is 11.8. The van der Waals surface area contributed by atoms with Gasteiger partial charge in [0, 0.05) is 0 Å². The average Bonchev–Trinajstić information content (AvgIpc) is 2.76. The molecule has 1 aromatic heterocycles. The minimum absolute atomic E-state index is 0.130. The zero-order valence-electron chi connectivity index (χ0n) is 12.0. The van der Waals surface area contributed by atoms with Crippen LogP contribution in [-0.2, 0) is 11.3 Å². The van der Waals surface area contributed by atoms with Crippen LogP contribution in [0.1, 0.15) is 34.4 Å². The van der Waals surface area contributed by atoms with Crippen LogP contribution in [0, 0.1) is 18.3 Å². The molecule has 2 rings (SSSR count). The summed E-state index contributed by atoms with van der Waals surface area (Å²) in [7, 11) is 0. The number of carbonyl (C=O) groups excluding carboxylic acids is 1. The van der Waals surface area contributed by atoms with Gasteiger partial charge in [-0.25, -0.2) is 9.78 Å². The Morgan fingerprint density at radius 2 is 2.29 bits per heavy atom. The van der Waals surface area contributed by atoms with Crippen LogP contribution in [0.2, 0.25) is 0 Å². The van der Waals surface area contributed by atoms with Gasteiger partial charge in [0.25, 0.3) is 0 Å². The van der Waals surface area contributed by atoms with E-state index in [0.717, 1.165) is 5.56 Å². The molecule has 0 unspecified atom stereocenters. The summed E-state index contributed by atoms with van der Waals surface area (Å²) in [6.07, 6.45) is 0. The number of aromatic nitrogens is 2. The number of anilines is 1. The number of ether oxygens (including phenoxy) is 1. The Hall–Kier alpha value is -2.81. The Morgan fingerprint density at radius 3 is 2.95 bits per heavy atom. The molecule has 0 atom stereocenters. The molecule has 21 heavy (non-hydrogen) atoms. The van der Waals surface area contributed by atoms with Gasteiger partial charge in [-0.1, -0.05) is 12.1 Å². The lowest BCUT2D eigenvalue weighted by Crippen LogP contribution is -2.10. The lowest BCUT2D eigenvalue weighted by Gasteiger charge is -2.08. The van der Waals surface area contributed by atoms with Crippen LogP contribution in [0.15, 0.2) is 24.3 Å². The zero-order valence-corrected chi connectivity index (χ0v) is 12.0. The molecule has 0 amide bonds. The summed E-state index contributed by atoms with van der Waals surface area (Å²) in [6, 6.07) is 9.31. The van der Waals surface area contributed by atoms with E-state index in [4.69, 9.17) is 15.7 Å². The minimum atomic E-state index is -0.525. The summed E-state index contributed by atoms with van der Waals surface area (Å²) < 4.78 is 6.65. The standard InChI is InChI=1S/C15H16N4O2/c1-3-21-15(20)13-14(17)19(10(2)18-13)9-12-6-4-5-11(7-12)8-16/h4-7H,3,9,17H2,1-2H3. The number of nitrogen functional groups attached to an aromatic ring is 1. The normalized spacial score (nSPS) is 10.1. The summed E-state index contributed by atoms with van der Waals surface area (Å²) in [4.78, 5) is 15.9. The van der Waals surface area contributed by atoms with Crippen molar-refractivity contribution >= 4 is 11.8 Å². The van der Waals surface area contributed by atoms with Gasteiger partial charge in [0.05, 0.1) is 24.8 Å². The van der Waals surface area contributed by atoms with Crippen molar-refractivity contribution in [3.63, 3.8) is 0 Å². The first kappa shape index (κ1) is 14.6. The molecular weight excluding hydrogens is 268 g/mol. The molecule has 1 aromatic carbocycles. The maximum absolute atomic E-state index is 11.8. The number of carbonyl (C=O) groups is 1. The fourth-order valence-electron chi connectivity index (χ4n) is 2.05. The molecule has 6 nitrogen and oxygen atoms in total. The van der Waals surface area contributed by atoms with Gasteiger partial charge in [0.15, 0.2) is 5.69 Å². The molecule has 0 aliphatic rings. The number of imidazole rings is 1. The monoisotopic (exact) mass is 284 g/mol. The van der Waals surface area contributed by atoms with E-state index in [1.807, 2.05) is 12.1 Å². The molecule has 2 aromatic rings. The SMILES string of the molecule is CCOC(=O)c1nc(C)n(Cc2cccc(C#N)c2)c1N. The van der Waals surface area contributed by atoms with E-state index in [-0.39, 0.29) is 18.1 Å². The molecule has 1 heterocycles. The van der Waals surface area contributed by atoms with E-state index in [1.165, 1.54) is 0 Å². The first-order chi connectivity index (χ1) is 10.1. The highest BCUT2D eigenvalue weighted by molar-refractivity contribution is 5.92. The van der Waals surface area contributed by atoms with Gasteiger partial charge in [0.2, 0.25) is 0 Å². The van der Waals surface area contributed by atoms with Crippen molar-refractivity contribution in [2.75, 3.05) is 12.3 Å². The zero-order chi connectivity index (χ0) is 15.4. The Kier molecular flexibility index (Phi) is 4.24. The Balaban J connectivity index is 2.32. The molecule has 0 spiro atoms. The molecule has 2 N–H and O–H groups in total. The molecule has 0 saturated heterocycles. The van der Waals surface area contributed by atoms with E-state index < -0.39 is 5.97 Å². The Bertz CT molecular complexity index is 713. The Morgan fingerprint density at radius 1 is 1.52 bits per heavy atom. The van der Waals surface area contributed by atoms with Crippen LogP contribution in [0.5, 0.6) is 0 Å². The van der Waals surface area contributed by atoms with Crippen LogP contribution in [-0.4, -0.2) is 22.1 Å². The molecule has 0 saturated carbocycles. The summed E-state index contributed by atoms with van der Waals surface area (Å²) >= 11 is 0. The van der Waals surface area contributed by atoms with Gasteiger partial charge in [0.1, 0.15) is 11.6 Å². The van der Waals surface area contributed by atoms with Crippen molar-refractivity contribution < 1.29 is 9.53 Å². The summed E-state index contributed by atoms with van der Waals surface area (Å²) in [5.74, 6) is 0.369. The molecule has 108 valence electrons. The number of nitriles is 1. The highest BCUT2D eigenvalue weighted by Gasteiger charge is 2.19. The number of esters is 1. The first-order valence-corrected chi connectivity index (χ1v) is 6.55. The molecule has 0 fully saturated rings. The van der Waals surface area contributed by atoms with Crippen molar-refractivity contribution in [2.45, 2.75) is 20.4 Å². The smallest absolute Gasteiger partial charge is 0.360 e. The third kappa shape index (κ3) is 3.03. The number of benzene rings is 1. The average molecular weight is 284 g/mol. The van der Waals surface area contributed by atoms with Gasteiger partial charge in [-0.15, -0.1) is 0 Å². The summed E-state index contributed by atoms with van der Waals surface area (Å²) in [6.45, 7) is 4.21. The van der Waals surface area contributed by atoms with Crippen molar-refractivity contribution in [1.29, 1.82) is 5.26 Å². The summed E-state index contributed by atoms with van der Waals surface area (Å²) in [5, 5.41) is 8.92. The third-order valence-electron chi connectivity index (χ3n) is 3.06.